The summed E-state index contributed by atoms with van der Waals surface area (Å²) >= 11 is 0. The second kappa shape index (κ2) is 9.09. The van der Waals surface area contributed by atoms with E-state index in [0.29, 0.717) is 5.57 Å². The largest absolute Gasteiger partial charge is 0.490 e. The summed E-state index contributed by atoms with van der Waals surface area (Å²) < 4.78 is 17.0. The molecule has 0 aliphatic carbocycles. The zero-order chi connectivity index (χ0) is 19.1. The van der Waals surface area contributed by atoms with Crippen molar-refractivity contribution in [3.05, 3.63) is 71.3 Å². The molecule has 26 heavy (non-hydrogen) atoms. The molecule has 1 unspecified atom stereocenters. The first-order valence-corrected chi connectivity index (χ1v) is 8.60. The van der Waals surface area contributed by atoms with Crippen molar-refractivity contribution in [2.24, 2.45) is 0 Å². The van der Waals surface area contributed by atoms with Crippen LogP contribution in [0.5, 0.6) is 11.5 Å². The van der Waals surface area contributed by atoms with Gasteiger partial charge in [-0.2, -0.15) is 0 Å². The molecular weight excluding hydrogens is 328 g/mol. The molecule has 0 aromatic heterocycles. The predicted molar refractivity (Wildman–Crippen MR) is 103 cm³/mol. The highest BCUT2D eigenvalue weighted by atomic mass is 16.6. The van der Waals surface area contributed by atoms with Gasteiger partial charge < -0.3 is 14.2 Å². The average molecular weight is 354 g/mol. The lowest BCUT2D eigenvalue weighted by Crippen LogP contribution is -2.31. The summed E-state index contributed by atoms with van der Waals surface area (Å²) in [7, 11) is 0. The highest BCUT2D eigenvalue weighted by molar-refractivity contribution is 5.87. The van der Waals surface area contributed by atoms with Crippen LogP contribution in [0.25, 0.3) is 0 Å². The van der Waals surface area contributed by atoms with E-state index < -0.39 is 12.1 Å². The summed E-state index contributed by atoms with van der Waals surface area (Å²) in [6.07, 6.45) is -0.540. The molecule has 2 aromatic rings. The van der Waals surface area contributed by atoms with Crippen molar-refractivity contribution in [2.75, 3.05) is 13.2 Å². The van der Waals surface area contributed by atoms with Gasteiger partial charge in [-0.3, -0.25) is 0 Å². The van der Waals surface area contributed by atoms with Crippen molar-refractivity contribution in [2.45, 2.75) is 33.8 Å². The van der Waals surface area contributed by atoms with Crippen molar-refractivity contribution in [1.29, 1.82) is 0 Å². The van der Waals surface area contributed by atoms with Crippen molar-refractivity contribution < 1.29 is 19.0 Å². The van der Waals surface area contributed by atoms with E-state index in [9.17, 15) is 4.79 Å². The standard InChI is InChI=1S/C22H26O4/c1-15(2)22(23)26-21(13-24-19-8-6-16(3)7-9-19)14-25-20-11-17(4)10-18(5)12-20/h6-12,21H,1,13-14H2,2-5H3. The van der Waals surface area contributed by atoms with Crippen LogP contribution >= 0.6 is 0 Å². The fourth-order valence-electron chi connectivity index (χ4n) is 2.40. The molecule has 0 aliphatic rings. The predicted octanol–water partition coefficient (Wildman–Crippen LogP) is 4.56. The van der Waals surface area contributed by atoms with E-state index in [0.717, 1.165) is 28.2 Å². The molecule has 1 atom stereocenters. The van der Waals surface area contributed by atoms with Crippen LogP contribution in [0.4, 0.5) is 0 Å². The van der Waals surface area contributed by atoms with Crippen LogP contribution < -0.4 is 9.47 Å². The zero-order valence-electron chi connectivity index (χ0n) is 15.9. The first kappa shape index (κ1) is 19.6. The lowest BCUT2D eigenvalue weighted by molar-refractivity contribution is -0.147. The number of hydrogen-bond donors (Lipinski definition) is 0. The topological polar surface area (TPSA) is 44.8 Å². The molecule has 0 heterocycles. The summed E-state index contributed by atoms with van der Waals surface area (Å²) in [5.41, 5.74) is 3.73. The number of rotatable bonds is 8. The van der Waals surface area contributed by atoms with E-state index in [1.165, 1.54) is 0 Å². The molecule has 0 saturated heterocycles. The quantitative estimate of drug-likeness (QED) is 0.515. The monoisotopic (exact) mass is 354 g/mol. The molecule has 0 saturated carbocycles. The third-order valence-corrected chi connectivity index (χ3v) is 3.71. The molecule has 2 rings (SSSR count). The van der Waals surface area contributed by atoms with Gasteiger partial charge in [0.15, 0.2) is 6.10 Å². The maximum absolute atomic E-state index is 11.9. The Morgan fingerprint density at radius 3 is 1.96 bits per heavy atom. The van der Waals surface area contributed by atoms with Crippen LogP contribution in [0, 0.1) is 20.8 Å². The Labute approximate surface area is 155 Å². The first-order chi connectivity index (χ1) is 12.3. The van der Waals surface area contributed by atoms with Crippen molar-refractivity contribution in [3.8, 4) is 11.5 Å². The molecule has 0 aliphatic heterocycles. The van der Waals surface area contributed by atoms with Gasteiger partial charge in [-0.25, -0.2) is 4.79 Å². The zero-order valence-corrected chi connectivity index (χ0v) is 15.9. The van der Waals surface area contributed by atoms with Crippen LogP contribution in [0.15, 0.2) is 54.6 Å². The molecule has 0 N–H and O–H groups in total. The van der Waals surface area contributed by atoms with Crippen LogP contribution in [0.2, 0.25) is 0 Å². The highest BCUT2D eigenvalue weighted by Gasteiger charge is 2.17. The normalized spacial score (nSPS) is 11.5. The van der Waals surface area contributed by atoms with Gasteiger partial charge in [0.1, 0.15) is 24.7 Å². The Bertz CT molecular complexity index is 742. The molecule has 4 nitrogen and oxygen atoms in total. The Kier molecular flexibility index (Phi) is 6.84. The number of carbonyl (C=O) groups excluding carboxylic acids is 1. The Balaban J connectivity index is 2.01. The summed E-state index contributed by atoms with van der Waals surface area (Å²) in [5.74, 6) is 1.01. The second-order valence-corrected chi connectivity index (χ2v) is 6.57. The minimum absolute atomic E-state index is 0.201. The number of hydrogen-bond acceptors (Lipinski definition) is 4. The molecule has 0 fully saturated rings. The van der Waals surface area contributed by atoms with Crippen molar-refractivity contribution >= 4 is 5.97 Å². The van der Waals surface area contributed by atoms with Gasteiger partial charge in [-0.1, -0.05) is 30.3 Å². The molecule has 0 amide bonds. The van der Waals surface area contributed by atoms with Gasteiger partial charge in [0, 0.05) is 5.57 Å². The third-order valence-electron chi connectivity index (χ3n) is 3.71. The molecule has 0 radical (unpaired) electrons. The van der Waals surface area contributed by atoms with E-state index in [-0.39, 0.29) is 13.2 Å². The Morgan fingerprint density at radius 1 is 0.885 bits per heavy atom. The van der Waals surface area contributed by atoms with Crippen LogP contribution in [-0.4, -0.2) is 25.3 Å². The number of carbonyl (C=O) groups is 1. The fraction of sp³-hybridized carbons (Fsp3) is 0.318. The lowest BCUT2D eigenvalue weighted by atomic mass is 10.1. The van der Waals surface area contributed by atoms with Gasteiger partial charge >= 0.3 is 5.97 Å². The van der Waals surface area contributed by atoms with Crippen LogP contribution in [-0.2, 0) is 9.53 Å². The molecule has 0 bridgehead atoms. The van der Waals surface area contributed by atoms with Crippen molar-refractivity contribution in [1.82, 2.24) is 0 Å². The minimum atomic E-state index is -0.540. The van der Waals surface area contributed by atoms with Crippen LogP contribution in [0.1, 0.15) is 23.6 Å². The van der Waals surface area contributed by atoms with Gasteiger partial charge in [0.25, 0.3) is 0 Å². The fourth-order valence-corrected chi connectivity index (χ4v) is 2.40. The number of esters is 1. The Morgan fingerprint density at radius 2 is 1.42 bits per heavy atom. The summed E-state index contributed by atoms with van der Waals surface area (Å²) in [4.78, 5) is 11.9. The van der Waals surface area contributed by atoms with Gasteiger partial charge in [0.05, 0.1) is 0 Å². The molecule has 138 valence electrons. The maximum atomic E-state index is 11.9. The smallest absolute Gasteiger partial charge is 0.333 e. The minimum Gasteiger partial charge on any atom is -0.490 e. The van der Waals surface area contributed by atoms with E-state index >= 15 is 0 Å². The number of ether oxygens (including phenoxy) is 3. The summed E-state index contributed by atoms with van der Waals surface area (Å²) in [5, 5.41) is 0. The summed E-state index contributed by atoms with van der Waals surface area (Å²) in [6.45, 7) is 11.7. The van der Waals surface area contributed by atoms with Crippen LogP contribution in [0.3, 0.4) is 0 Å². The van der Waals surface area contributed by atoms with Gasteiger partial charge in [-0.05, 0) is 63.1 Å². The maximum Gasteiger partial charge on any atom is 0.333 e. The van der Waals surface area contributed by atoms with Gasteiger partial charge in [0.2, 0.25) is 0 Å². The second-order valence-electron chi connectivity index (χ2n) is 6.57. The first-order valence-electron chi connectivity index (χ1n) is 8.60. The average Bonchev–Trinajstić information content (AvgIpc) is 2.57. The van der Waals surface area contributed by atoms with E-state index in [4.69, 9.17) is 14.2 Å². The van der Waals surface area contributed by atoms with Crippen molar-refractivity contribution in [3.63, 3.8) is 0 Å². The summed E-state index contributed by atoms with van der Waals surface area (Å²) in [6, 6.07) is 13.7. The SMILES string of the molecule is C=C(C)C(=O)OC(COc1ccc(C)cc1)COc1cc(C)cc(C)c1. The molecule has 0 spiro atoms. The Hall–Kier alpha value is -2.75. The van der Waals surface area contributed by atoms with E-state index in [2.05, 4.69) is 12.6 Å². The highest BCUT2D eigenvalue weighted by Crippen LogP contribution is 2.17. The van der Waals surface area contributed by atoms with Gasteiger partial charge in [-0.15, -0.1) is 0 Å². The lowest BCUT2D eigenvalue weighted by Gasteiger charge is -2.19. The number of aryl methyl sites for hydroxylation is 3. The van der Waals surface area contributed by atoms with E-state index in [1.54, 1.807) is 6.92 Å². The molecular formula is C22H26O4. The molecule has 4 heteroatoms. The number of benzene rings is 2. The molecule has 2 aromatic carbocycles. The van der Waals surface area contributed by atoms with E-state index in [1.807, 2.05) is 57.2 Å². The third kappa shape index (κ3) is 6.28.